The Hall–Kier alpha value is -3.29. The Kier molecular flexibility index (Phi) is 4.13. The number of pyridine rings is 1. The van der Waals surface area contributed by atoms with Gasteiger partial charge < -0.3 is 5.32 Å². The van der Waals surface area contributed by atoms with Crippen molar-refractivity contribution in [3.63, 3.8) is 0 Å². The molecule has 0 unspecified atom stereocenters. The van der Waals surface area contributed by atoms with Gasteiger partial charge in [0.2, 0.25) is 5.95 Å². The van der Waals surface area contributed by atoms with E-state index in [9.17, 15) is 0 Å². The Bertz CT molecular complexity index is 1300. The first-order chi connectivity index (χ1) is 16.1. The Morgan fingerprint density at radius 3 is 2.52 bits per heavy atom. The number of hydrogen-bond acceptors (Lipinski definition) is 6. The predicted octanol–water partition coefficient (Wildman–Crippen LogP) is 4.42. The summed E-state index contributed by atoms with van der Waals surface area (Å²) < 4.78 is 3.93. The predicted molar refractivity (Wildman–Crippen MR) is 125 cm³/mol. The number of aryl methyl sites for hydroxylation is 1. The molecule has 4 fully saturated rings. The monoisotopic (exact) mass is 440 g/mol. The maximum atomic E-state index is 4.70. The van der Waals surface area contributed by atoms with Crippen LogP contribution in [0.2, 0.25) is 0 Å². The molecule has 4 aromatic rings. The van der Waals surface area contributed by atoms with Crippen molar-refractivity contribution < 1.29 is 0 Å². The van der Waals surface area contributed by atoms with Crippen molar-refractivity contribution in [3.05, 3.63) is 48.7 Å². The number of hydrogen-bond donors (Lipinski definition) is 1. The zero-order valence-electron chi connectivity index (χ0n) is 18.9. The molecule has 0 saturated heterocycles. The molecule has 1 N–H and O–H groups in total. The summed E-state index contributed by atoms with van der Waals surface area (Å²) in [6.45, 7) is 0. The van der Waals surface area contributed by atoms with Crippen molar-refractivity contribution in [2.75, 3.05) is 5.32 Å². The van der Waals surface area contributed by atoms with Crippen LogP contribution in [0.4, 0.5) is 11.8 Å². The van der Waals surface area contributed by atoms with Crippen LogP contribution in [0.5, 0.6) is 0 Å². The number of fused-ring (bicyclic) bond motifs is 1. The van der Waals surface area contributed by atoms with Crippen molar-refractivity contribution >= 4 is 17.4 Å². The third-order valence-electron chi connectivity index (χ3n) is 8.19. The van der Waals surface area contributed by atoms with E-state index in [1.54, 1.807) is 17.1 Å². The maximum Gasteiger partial charge on any atom is 0.228 e. The van der Waals surface area contributed by atoms with Crippen LogP contribution in [0.1, 0.15) is 44.3 Å². The van der Waals surface area contributed by atoms with Crippen LogP contribution >= 0.6 is 0 Å². The Labute approximate surface area is 192 Å². The largest absolute Gasteiger partial charge is 0.309 e. The fourth-order valence-electron chi connectivity index (χ4n) is 7.25. The molecule has 33 heavy (non-hydrogen) atoms. The van der Waals surface area contributed by atoms with E-state index >= 15 is 0 Å². The Morgan fingerprint density at radius 2 is 1.79 bits per heavy atom. The highest BCUT2D eigenvalue weighted by Gasteiger charge is 2.51. The van der Waals surface area contributed by atoms with Gasteiger partial charge in [0.05, 0.1) is 11.9 Å². The number of nitrogens with zero attached hydrogens (tertiary/aromatic N) is 7. The summed E-state index contributed by atoms with van der Waals surface area (Å²) in [5.41, 5.74) is 3.19. The summed E-state index contributed by atoms with van der Waals surface area (Å²) in [5, 5.41) is 16.6. The first-order valence-corrected chi connectivity index (χ1v) is 12.0. The molecule has 4 bridgehead atoms. The fraction of sp³-hybridized carbons (Fsp3) is 0.480. The molecule has 4 aliphatic rings. The lowest BCUT2D eigenvalue weighted by atomic mass is 9.49. The molecule has 4 aromatic heterocycles. The number of rotatable bonds is 5. The van der Waals surface area contributed by atoms with E-state index in [0.29, 0.717) is 11.4 Å². The van der Waals surface area contributed by atoms with Gasteiger partial charge in [-0.1, -0.05) is 0 Å². The molecule has 0 amide bonds. The molecule has 8 heteroatoms. The molecule has 4 aliphatic carbocycles. The van der Waals surface area contributed by atoms with Crippen LogP contribution in [0.25, 0.3) is 16.9 Å². The third-order valence-corrected chi connectivity index (χ3v) is 8.19. The van der Waals surface area contributed by atoms with E-state index in [1.165, 1.54) is 38.5 Å². The summed E-state index contributed by atoms with van der Waals surface area (Å²) in [6, 6.07) is 8.00. The van der Waals surface area contributed by atoms with Gasteiger partial charge in [0.25, 0.3) is 0 Å². The van der Waals surface area contributed by atoms with E-state index in [4.69, 9.17) is 4.98 Å². The second-order valence-corrected chi connectivity index (χ2v) is 10.6. The van der Waals surface area contributed by atoms with Gasteiger partial charge in [-0.05, 0) is 79.9 Å². The minimum absolute atomic E-state index is 0.454. The lowest BCUT2D eigenvalue weighted by Gasteiger charge is -2.56. The second-order valence-electron chi connectivity index (χ2n) is 10.6. The maximum absolute atomic E-state index is 4.70. The summed E-state index contributed by atoms with van der Waals surface area (Å²) in [7, 11) is 1.88. The molecule has 0 aromatic carbocycles. The first-order valence-electron chi connectivity index (χ1n) is 12.0. The molecule has 0 aliphatic heterocycles. The van der Waals surface area contributed by atoms with Crippen LogP contribution in [-0.2, 0) is 13.5 Å². The number of nitrogens with one attached hydrogen (secondary N) is 1. The van der Waals surface area contributed by atoms with Crippen LogP contribution in [0, 0.1) is 23.2 Å². The molecular weight excluding hydrogens is 412 g/mol. The highest BCUT2D eigenvalue weighted by Crippen LogP contribution is 2.60. The van der Waals surface area contributed by atoms with E-state index in [2.05, 4.69) is 48.3 Å². The molecular formula is C25H28N8. The van der Waals surface area contributed by atoms with Crippen LogP contribution in [-0.4, -0.2) is 34.3 Å². The minimum atomic E-state index is 0.454. The molecule has 4 saturated carbocycles. The van der Waals surface area contributed by atoms with Crippen molar-refractivity contribution in [2.24, 2.45) is 30.2 Å². The molecule has 168 valence electrons. The smallest absolute Gasteiger partial charge is 0.228 e. The fourth-order valence-corrected chi connectivity index (χ4v) is 7.25. The van der Waals surface area contributed by atoms with Gasteiger partial charge in [0, 0.05) is 37.5 Å². The van der Waals surface area contributed by atoms with Gasteiger partial charge in [0.1, 0.15) is 11.6 Å². The average molecular weight is 441 g/mol. The van der Waals surface area contributed by atoms with E-state index < -0.39 is 0 Å². The number of aromatic nitrogens is 7. The van der Waals surface area contributed by atoms with Crippen molar-refractivity contribution in [2.45, 2.75) is 44.9 Å². The zero-order valence-corrected chi connectivity index (χ0v) is 18.9. The van der Waals surface area contributed by atoms with Gasteiger partial charge in [-0.3, -0.25) is 9.08 Å². The lowest BCUT2D eigenvalue weighted by molar-refractivity contribution is -0.0532. The average Bonchev–Trinajstić information content (AvgIpc) is 3.38. The number of anilines is 2. The topological polar surface area (TPSA) is 85.8 Å². The molecule has 0 radical (unpaired) electrons. The highest BCUT2D eigenvalue weighted by atomic mass is 15.3. The molecule has 0 atom stereocenters. The Morgan fingerprint density at radius 1 is 1.00 bits per heavy atom. The van der Waals surface area contributed by atoms with Crippen LogP contribution < -0.4 is 5.32 Å². The van der Waals surface area contributed by atoms with Gasteiger partial charge >= 0.3 is 0 Å². The molecule has 0 spiro atoms. The lowest BCUT2D eigenvalue weighted by Crippen LogP contribution is -2.47. The third kappa shape index (κ3) is 3.31. The highest BCUT2D eigenvalue weighted by molar-refractivity contribution is 5.65. The summed E-state index contributed by atoms with van der Waals surface area (Å²) >= 11 is 0. The standard InChI is InChI=1S/C25H28N8/c1-32-21(3-6-27-32)29-24-26-5-2-20(28-24)19-4-7-33-22(11-19)30-31-23(33)15-25-12-16-8-17(13-25)10-18(9-16)14-25/h2-7,11,16-18H,8-10,12-15H2,1H3,(H,26,28,29). The summed E-state index contributed by atoms with van der Waals surface area (Å²) in [5.74, 6) is 5.35. The van der Waals surface area contributed by atoms with Gasteiger partial charge in [-0.15, -0.1) is 10.2 Å². The normalized spacial score (nSPS) is 28.0. The first kappa shape index (κ1) is 19.2. The van der Waals surface area contributed by atoms with Gasteiger partial charge in [-0.25, -0.2) is 9.97 Å². The van der Waals surface area contributed by atoms with Crippen molar-refractivity contribution in [3.8, 4) is 11.3 Å². The van der Waals surface area contributed by atoms with Crippen LogP contribution in [0.15, 0.2) is 42.9 Å². The molecule has 8 nitrogen and oxygen atoms in total. The van der Waals surface area contributed by atoms with Crippen molar-refractivity contribution in [1.29, 1.82) is 0 Å². The zero-order chi connectivity index (χ0) is 22.0. The minimum Gasteiger partial charge on any atom is -0.309 e. The molecule has 8 rings (SSSR count). The van der Waals surface area contributed by atoms with E-state index in [1.807, 2.05) is 19.2 Å². The summed E-state index contributed by atoms with van der Waals surface area (Å²) in [4.78, 5) is 9.05. The molecule has 4 heterocycles. The van der Waals surface area contributed by atoms with Crippen LogP contribution in [0.3, 0.4) is 0 Å². The van der Waals surface area contributed by atoms with E-state index in [-0.39, 0.29) is 0 Å². The van der Waals surface area contributed by atoms with Gasteiger partial charge in [-0.2, -0.15) is 5.10 Å². The SMILES string of the molecule is Cn1nccc1Nc1nccc(-c2ccn3c(CC45CC6CC(CC(C6)C4)C5)nnc3c2)n1. The second kappa shape index (κ2) is 7.10. The quantitative estimate of drug-likeness (QED) is 0.494. The summed E-state index contributed by atoms with van der Waals surface area (Å²) in [6.07, 6.45) is 15.3. The Balaban J connectivity index is 1.16. The van der Waals surface area contributed by atoms with Gasteiger partial charge in [0.15, 0.2) is 5.65 Å². The van der Waals surface area contributed by atoms with Crippen molar-refractivity contribution in [1.82, 2.24) is 34.3 Å². The van der Waals surface area contributed by atoms with E-state index in [0.717, 1.165) is 52.7 Å².